The van der Waals surface area contributed by atoms with Crippen molar-refractivity contribution in [3.8, 4) is 11.5 Å². The largest absolute Gasteiger partial charge is 0.518 e. The van der Waals surface area contributed by atoms with E-state index in [0.29, 0.717) is 0 Å². The van der Waals surface area contributed by atoms with Crippen LogP contribution in [0.15, 0.2) is 24.3 Å². The Morgan fingerprint density at radius 1 is 0.625 bits per heavy atom. The van der Waals surface area contributed by atoms with Gasteiger partial charge in [-0.2, -0.15) is 0 Å². The molecule has 0 spiro atoms. The SMILES string of the molecule is CC(C)(C)O[Si](C)(C)Oc1ccccc1O[Si](C)(C)OC(C)(C)C. The third kappa shape index (κ3) is 8.32. The van der Waals surface area contributed by atoms with E-state index >= 15 is 0 Å². The van der Waals surface area contributed by atoms with Crippen LogP contribution in [0.5, 0.6) is 11.5 Å². The van der Waals surface area contributed by atoms with Crippen LogP contribution in [0.4, 0.5) is 0 Å². The Hall–Kier alpha value is -0.826. The van der Waals surface area contributed by atoms with Crippen molar-refractivity contribution in [3.63, 3.8) is 0 Å². The zero-order chi connectivity index (χ0) is 18.8. The second kappa shape index (κ2) is 7.19. The van der Waals surface area contributed by atoms with Gasteiger partial charge in [-0.3, -0.25) is 0 Å². The van der Waals surface area contributed by atoms with Gasteiger partial charge in [0.25, 0.3) is 0 Å². The summed E-state index contributed by atoms with van der Waals surface area (Å²) in [7, 11) is -4.68. The summed E-state index contributed by atoms with van der Waals surface area (Å²) in [6, 6.07) is 7.75. The first-order valence-electron chi connectivity index (χ1n) is 8.46. The molecule has 0 N–H and O–H groups in total. The molecule has 0 heterocycles. The summed E-state index contributed by atoms with van der Waals surface area (Å²) in [5.41, 5.74) is -0.482. The molecule has 1 aromatic rings. The second-order valence-electron chi connectivity index (χ2n) is 8.88. The fourth-order valence-electron chi connectivity index (χ4n) is 2.66. The molecule has 24 heavy (non-hydrogen) atoms. The van der Waals surface area contributed by atoms with Gasteiger partial charge in [-0.25, -0.2) is 0 Å². The third-order valence-corrected chi connectivity index (χ3v) is 6.30. The molecule has 4 nitrogen and oxygen atoms in total. The van der Waals surface area contributed by atoms with Gasteiger partial charge in [0, 0.05) is 0 Å². The molecule has 0 unspecified atom stereocenters. The summed E-state index contributed by atoms with van der Waals surface area (Å²) >= 11 is 0. The maximum atomic E-state index is 6.24. The molecule has 0 saturated carbocycles. The Kier molecular flexibility index (Phi) is 6.36. The number of hydrogen-bond donors (Lipinski definition) is 0. The van der Waals surface area contributed by atoms with Crippen LogP contribution < -0.4 is 8.85 Å². The number of rotatable bonds is 6. The fourth-order valence-corrected chi connectivity index (χ4v) is 7.09. The van der Waals surface area contributed by atoms with Crippen molar-refractivity contribution < 1.29 is 17.7 Å². The monoisotopic (exact) mass is 370 g/mol. The predicted octanol–water partition coefficient (Wildman–Crippen LogP) is 5.48. The van der Waals surface area contributed by atoms with Gasteiger partial charge in [-0.15, -0.1) is 0 Å². The molecule has 138 valence electrons. The lowest BCUT2D eigenvalue weighted by atomic mass is 10.2. The molecule has 0 fully saturated rings. The van der Waals surface area contributed by atoms with E-state index in [1.807, 2.05) is 92.0 Å². The van der Waals surface area contributed by atoms with Crippen molar-refractivity contribution in [2.45, 2.75) is 78.9 Å². The Balaban J connectivity index is 2.96. The fraction of sp³-hybridized carbons (Fsp3) is 0.667. The topological polar surface area (TPSA) is 36.9 Å². The van der Waals surface area contributed by atoms with Crippen LogP contribution in [0.3, 0.4) is 0 Å². The van der Waals surface area contributed by atoms with Gasteiger partial charge in [0.2, 0.25) is 0 Å². The van der Waals surface area contributed by atoms with Crippen LogP contribution in [0.25, 0.3) is 0 Å². The number of hydrogen-bond acceptors (Lipinski definition) is 4. The molecule has 1 aromatic carbocycles. The standard InChI is InChI=1S/C18H34O4Si2/c1-17(2,3)21-23(7,8)19-15-13-11-12-14-16(15)20-24(9,10)22-18(4,5)6/h11-14H,1-10H3. The highest BCUT2D eigenvalue weighted by Crippen LogP contribution is 2.33. The average Bonchev–Trinajstić information content (AvgIpc) is 2.23. The van der Waals surface area contributed by atoms with Gasteiger partial charge in [0.05, 0.1) is 11.2 Å². The molecule has 0 saturated heterocycles. The highest BCUT2D eigenvalue weighted by atomic mass is 28.4. The zero-order valence-electron chi connectivity index (χ0n) is 16.9. The Labute approximate surface area is 150 Å². The summed E-state index contributed by atoms with van der Waals surface area (Å²) in [4.78, 5) is 0. The lowest BCUT2D eigenvalue weighted by Crippen LogP contribution is -2.46. The third-order valence-electron chi connectivity index (χ3n) is 2.66. The van der Waals surface area contributed by atoms with E-state index in [-0.39, 0.29) is 11.2 Å². The molecule has 0 amide bonds. The van der Waals surface area contributed by atoms with Crippen LogP contribution in [0.2, 0.25) is 26.2 Å². The molecule has 1 rings (SSSR count). The zero-order valence-corrected chi connectivity index (χ0v) is 18.9. The highest BCUT2D eigenvalue weighted by Gasteiger charge is 2.36. The first-order valence-corrected chi connectivity index (χ1v) is 14.1. The van der Waals surface area contributed by atoms with Crippen LogP contribution in [-0.2, 0) is 8.85 Å². The van der Waals surface area contributed by atoms with E-state index < -0.39 is 17.1 Å². The first kappa shape index (κ1) is 21.2. The van der Waals surface area contributed by atoms with Gasteiger partial charge < -0.3 is 17.7 Å². The summed E-state index contributed by atoms with van der Waals surface area (Å²) in [5.74, 6) is 1.44. The van der Waals surface area contributed by atoms with Crippen LogP contribution in [-0.4, -0.2) is 28.3 Å². The van der Waals surface area contributed by atoms with Crippen molar-refractivity contribution in [2.75, 3.05) is 0 Å². The first-order chi connectivity index (χ1) is 10.6. The normalized spacial score (nSPS) is 13.8. The van der Waals surface area contributed by atoms with Gasteiger partial charge in [-0.05, 0) is 79.9 Å². The summed E-state index contributed by atoms with van der Waals surface area (Å²) in [5, 5.41) is 0. The van der Waals surface area contributed by atoms with E-state index in [4.69, 9.17) is 17.7 Å². The summed E-state index contributed by atoms with van der Waals surface area (Å²) in [6.45, 7) is 20.4. The lowest BCUT2D eigenvalue weighted by Gasteiger charge is -2.34. The maximum absolute atomic E-state index is 6.24. The molecule has 0 aliphatic rings. The van der Waals surface area contributed by atoms with E-state index in [1.165, 1.54) is 0 Å². The molecule has 6 heteroatoms. The Morgan fingerprint density at radius 2 is 0.917 bits per heavy atom. The molecular weight excluding hydrogens is 336 g/mol. The minimum absolute atomic E-state index is 0.241. The van der Waals surface area contributed by atoms with Crippen molar-refractivity contribution in [2.24, 2.45) is 0 Å². The minimum Gasteiger partial charge on any atom is -0.518 e. The predicted molar refractivity (Wildman–Crippen MR) is 104 cm³/mol. The maximum Gasteiger partial charge on any atom is 0.392 e. The lowest BCUT2D eigenvalue weighted by molar-refractivity contribution is 0.0885. The molecule has 0 bridgehead atoms. The summed E-state index contributed by atoms with van der Waals surface area (Å²) in [6.07, 6.45) is 0. The molecular formula is C18H34O4Si2. The molecule has 0 aliphatic carbocycles. The molecule has 0 aliphatic heterocycles. The van der Waals surface area contributed by atoms with Gasteiger partial charge in [-0.1, -0.05) is 12.1 Å². The van der Waals surface area contributed by atoms with Gasteiger partial charge in [0.1, 0.15) is 11.5 Å². The highest BCUT2D eigenvalue weighted by molar-refractivity contribution is 6.66. The van der Waals surface area contributed by atoms with Crippen LogP contribution >= 0.6 is 0 Å². The van der Waals surface area contributed by atoms with Crippen molar-refractivity contribution in [3.05, 3.63) is 24.3 Å². The smallest absolute Gasteiger partial charge is 0.392 e. The van der Waals surface area contributed by atoms with Crippen molar-refractivity contribution in [1.82, 2.24) is 0 Å². The molecule has 0 atom stereocenters. The number of para-hydroxylation sites is 2. The van der Waals surface area contributed by atoms with Crippen LogP contribution in [0.1, 0.15) is 41.5 Å². The van der Waals surface area contributed by atoms with Crippen molar-refractivity contribution in [1.29, 1.82) is 0 Å². The second-order valence-corrected chi connectivity index (χ2v) is 15.3. The quantitative estimate of drug-likeness (QED) is 0.621. The molecule has 0 radical (unpaired) electrons. The van der Waals surface area contributed by atoms with Gasteiger partial charge >= 0.3 is 17.1 Å². The van der Waals surface area contributed by atoms with E-state index in [9.17, 15) is 0 Å². The Bertz CT molecular complexity index is 494. The van der Waals surface area contributed by atoms with E-state index in [1.54, 1.807) is 0 Å². The molecule has 0 aromatic heterocycles. The van der Waals surface area contributed by atoms with Crippen molar-refractivity contribution >= 4 is 17.1 Å². The van der Waals surface area contributed by atoms with Crippen LogP contribution in [0, 0.1) is 0 Å². The van der Waals surface area contributed by atoms with E-state index in [0.717, 1.165) is 11.5 Å². The Morgan fingerprint density at radius 3 is 1.17 bits per heavy atom. The number of benzene rings is 1. The van der Waals surface area contributed by atoms with Gasteiger partial charge in [0.15, 0.2) is 0 Å². The summed E-state index contributed by atoms with van der Waals surface area (Å²) < 4.78 is 24.8. The average molecular weight is 371 g/mol. The minimum atomic E-state index is -2.34. The van der Waals surface area contributed by atoms with E-state index in [2.05, 4.69) is 0 Å².